The quantitative estimate of drug-likeness (QED) is 0.480. The molecule has 6 nitrogen and oxygen atoms in total. The summed E-state index contributed by atoms with van der Waals surface area (Å²) in [6.07, 6.45) is 3.38. The zero-order valence-electron chi connectivity index (χ0n) is 12.6. The van der Waals surface area contributed by atoms with Gasteiger partial charge in [0.1, 0.15) is 0 Å². The number of carbonyl (C=O) groups excluding carboxylic acids is 3. The van der Waals surface area contributed by atoms with Gasteiger partial charge in [0.05, 0.1) is 26.4 Å². The minimum atomic E-state index is -0.267. The lowest BCUT2D eigenvalue weighted by atomic mass is 10.1. The van der Waals surface area contributed by atoms with Gasteiger partial charge in [-0.2, -0.15) is 11.8 Å². The molecule has 1 rings (SSSR count). The number of amides is 1. The average molecular weight is 317 g/mol. The van der Waals surface area contributed by atoms with Gasteiger partial charge in [-0.05, 0) is 30.4 Å². The van der Waals surface area contributed by atoms with E-state index in [1.807, 2.05) is 0 Å². The van der Waals surface area contributed by atoms with E-state index in [4.69, 9.17) is 0 Å². The van der Waals surface area contributed by atoms with Crippen LogP contribution in [0.1, 0.15) is 32.1 Å². The second-order valence-corrected chi connectivity index (χ2v) is 6.26. The van der Waals surface area contributed by atoms with Crippen LogP contribution in [0, 0.1) is 5.41 Å². The molecule has 21 heavy (non-hydrogen) atoms. The molecule has 1 N–H and O–H groups in total. The van der Waals surface area contributed by atoms with Crippen molar-refractivity contribution in [2.75, 3.05) is 32.3 Å². The third kappa shape index (κ3) is 7.36. The monoisotopic (exact) mass is 317 g/mol. The molecule has 0 unspecified atom stereocenters. The SMILES string of the molecule is COC(=O)CCCNC(=O)CSCC1(CC(=O)OC)CC1. The summed E-state index contributed by atoms with van der Waals surface area (Å²) in [5.74, 6) is 0.690. The van der Waals surface area contributed by atoms with Crippen LogP contribution in [0.3, 0.4) is 0 Å². The Labute approximate surface area is 129 Å². The minimum absolute atomic E-state index is 0.0428. The summed E-state index contributed by atoms with van der Waals surface area (Å²) in [5.41, 5.74) is 0.0446. The van der Waals surface area contributed by atoms with Crippen molar-refractivity contribution in [1.29, 1.82) is 0 Å². The molecule has 0 radical (unpaired) electrons. The number of thioether (sulfide) groups is 1. The van der Waals surface area contributed by atoms with Gasteiger partial charge in [0, 0.05) is 13.0 Å². The van der Waals surface area contributed by atoms with Gasteiger partial charge >= 0.3 is 11.9 Å². The normalized spacial score (nSPS) is 15.1. The number of carbonyl (C=O) groups is 3. The van der Waals surface area contributed by atoms with Crippen molar-refractivity contribution >= 4 is 29.6 Å². The van der Waals surface area contributed by atoms with Crippen molar-refractivity contribution in [3.63, 3.8) is 0 Å². The molecule has 1 aliphatic rings. The minimum Gasteiger partial charge on any atom is -0.469 e. The Bertz CT molecular complexity index is 382. The largest absolute Gasteiger partial charge is 0.469 e. The molecule has 0 aromatic heterocycles. The van der Waals surface area contributed by atoms with E-state index in [-0.39, 0.29) is 23.3 Å². The molecule has 0 aliphatic heterocycles. The number of hydrogen-bond acceptors (Lipinski definition) is 6. The van der Waals surface area contributed by atoms with Gasteiger partial charge in [-0.15, -0.1) is 0 Å². The van der Waals surface area contributed by atoms with Crippen LogP contribution in [0.2, 0.25) is 0 Å². The van der Waals surface area contributed by atoms with Gasteiger partial charge in [-0.3, -0.25) is 14.4 Å². The van der Waals surface area contributed by atoms with E-state index < -0.39 is 0 Å². The lowest BCUT2D eigenvalue weighted by molar-refractivity contribution is -0.142. The zero-order valence-corrected chi connectivity index (χ0v) is 13.4. The summed E-state index contributed by atoms with van der Waals surface area (Å²) >= 11 is 1.54. The first-order chi connectivity index (χ1) is 10.0. The summed E-state index contributed by atoms with van der Waals surface area (Å²) in [5, 5.41) is 2.76. The summed E-state index contributed by atoms with van der Waals surface area (Å²) in [6, 6.07) is 0. The highest BCUT2D eigenvalue weighted by atomic mass is 32.2. The molecule has 120 valence electrons. The smallest absolute Gasteiger partial charge is 0.306 e. The Morgan fingerprint density at radius 2 is 1.81 bits per heavy atom. The number of hydrogen-bond donors (Lipinski definition) is 1. The molecule has 1 amide bonds. The van der Waals surface area contributed by atoms with Crippen LogP contribution in [0.5, 0.6) is 0 Å². The first kappa shape index (κ1) is 17.8. The van der Waals surface area contributed by atoms with Gasteiger partial charge in [0.2, 0.25) is 5.91 Å². The predicted octanol–water partition coefficient (Wildman–Crippen LogP) is 1.13. The number of nitrogens with one attached hydrogen (secondary N) is 1. The molecule has 1 aliphatic carbocycles. The van der Waals surface area contributed by atoms with Crippen LogP contribution in [-0.4, -0.2) is 50.1 Å². The molecule has 1 fully saturated rings. The molecule has 0 heterocycles. The van der Waals surface area contributed by atoms with E-state index in [1.165, 1.54) is 14.2 Å². The van der Waals surface area contributed by atoms with E-state index in [9.17, 15) is 14.4 Å². The first-order valence-electron chi connectivity index (χ1n) is 6.99. The number of ether oxygens (including phenoxy) is 2. The topological polar surface area (TPSA) is 81.7 Å². The molecule has 1 saturated carbocycles. The molecular formula is C14H23NO5S. The maximum atomic E-state index is 11.6. The standard InChI is InChI=1S/C14H23NO5S/c1-19-12(17)4-3-7-15-11(16)9-21-10-14(5-6-14)8-13(18)20-2/h3-10H2,1-2H3,(H,15,16). The third-order valence-corrected chi connectivity index (χ3v) is 4.74. The molecule has 0 bridgehead atoms. The Hall–Kier alpha value is -1.24. The van der Waals surface area contributed by atoms with Gasteiger partial charge in [-0.25, -0.2) is 0 Å². The van der Waals surface area contributed by atoms with Crippen molar-refractivity contribution in [2.24, 2.45) is 5.41 Å². The molecule has 0 aromatic rings. The number of esters is 2. The predicted molar refractivity (Wildman–Crippen MR) is 79.9 cm³/mol. The van der Waals surface area contributed by atoms with Crippen LogP contribution in [0.25, 0.3) is 0 Å². The van der Waals surface area contributed by atoms with Crippen LogP contribution >= 0.6 is 11.8 Å². The van der Waals surface area contributed by atoms with Gasteiger partial charge in [0.15, 0.2) is 0 Å². The summed E-state index contributed by atoms with van der Waals surface area (Å²) in [7, 11) is 2.74. The molecule has 0 saturated heterocycles. The fourth-order valence-electron chi connectivity index (χ4n) is 1.90. The highest BCUT2D eigenvalue weighted by molar-refractivity contribution is 7.99. The maximum Gasteiger partial charge on any atom is 0.306 e. The second-order valence-electron chi connectivity index (χ2n) is 5.28. The Morgan fingerprint density at radius 1 is 1.14 bits per heavy atom. The Kier molecular flexibility index (Phi) is 7.56. The molecule has 0 spiro atoms. The van der Waals surface area contributed by atoms with Crippen molar-refractivity contribution in [2.45, 2.75) is 32.1 Å². The average Bonchev–Trinajstić information content (AvgIpc) is 3.22. The van der Waals surface area contributed by atoms with Gasteiger partial charge in [-0.1, -0.05) is 0 Å². The van der Waals surface area contributed by atoms with Crippen molar-refractivity contribution in [3.8, 4) is 0 Å². The van der Waals surface area contributed by atoms with Gasteiger partial charge in [0.25, 0.3) is 0 Å². The van der Waals surface area contributed by atoms with Crippen LogP contribution in [0.15, 0.2) is 0 Å². The fraction of sp³-hybridized carbons (Fsp3) is 0.786. The van der Waals surface area contributed by atoms with Crippen molar-refractivity contribution < 1.29 is 23.9 Å². The van der Waals surface area contributed by atoms with Crippen LogP contribution < -0.4 is 5.32 Å². The fourth-order valence-corrected chi connectivity index (χ4v) is 3.11. The summed E-state index contributed by atoms with van der Waals surface area (Å²) < 4.78 is 9.20. The van der Waals surface area contributed by atoms with Gasteiger partial charge < -0.3 is 14.8 Å². The van der Waals surface area contributed by atoms with Crippen molar-refractivity contribution in [3.05, 3.63) is 0 Å². The molecule has 0 aromatic carbocycles. The van der Waals surface area contributed by atoms with E-state index >= 15 is 0 Å². The van der Waals surface area contributed by atoms with E-state index in [0.29, 0.717) is 31.6 Å². The number of rotatable bonds is 10. The Morgan fingerprint density at radius 3 is 2.38 bits per heavy atom. The lowest BCUT2D eigenvalue weighted by Gasteiger charge is -2.12. The number of methoxy groups -OCH3 is 2. The highest BCUT2D eigenvalue weighted by Crippen LogP contribution is 2.51. The Balaban J connectivity index is 2.06. The molecule has 7 heteroatoms. The summed E-state index contributed by atoms with van der Waals surface area (Å²) in [4.78, 5) is 33.8. The van der Waals surface area contributed by atoms with E-state index in [1.54, 1.807) is 11.8 Å². The summed E-state index contributed by atoms with van der Waals surface area (Å²) in [6.45, 7) is 0.474. The van der Waals surface area contributed by atoms with E-state index in [2.05, 4.69) is 14.8 Å². The first-order valence-corrected chi connectivity index (χ1v) is 8.15. The zero-order chi connectivity index (χ0) is 15.7. The molecular weight excluding hydrogens is 294 g/mol. The maximum absolute atomic E-state index is 11.6. The molecule has 0 atom stereocenters. The van der Waals surface area contributed by atoms with Crippen molar-refractivity contribution in [1.82, 2.24) is 5.32 Å². The second kappa shape index (κ2) is 8.92. The third-order valence-electron chi connectivity index (χ3n) is 3.45. The van der Waals surface area contributed by atoms with E-state index in [0.717, 1.165) is 18.6 Å². The lowest BCUT2D eigenvalue weighted by Crippen LogP contribution is -2.27. The van der Waals surface area contributed by atoms with Crippen LogP contribution in [0.4, 0.5) is 0 Å². The van der Waals surface area contributed by atoms with Crippen LogP contribution in [-0.2, 0) is 23.9 Å². The highest BCUT2D eigenvalue weighted by Gasteiger charge is 2.44.